The van der Waals surface area contributed by atoms with Gasteiger partial charge in [-0.05, 0) is 43.9 Å². The average Bonchev–Trinajstić information content (AvgIpc) is 2.99. The van der Waals surface area contributed by atoms with Crippen molar-refractivity contribution in [3.63, 3.8) is 0 Å². The van der Waals surface area contributed by atoms with Crippen LogP contribution >= 0.6 is 0 Å². The van der Waals surface area contributed by atoms with Gasteiger partial charge >= 0.3 is 0 Å². The summed E-state index contributed by atoms with van der Waals surface area (Å²) in [5, 5.41) is 12.5. The highest BCUT2D eigenvalue weighted by Crippen LogP contribution is 2.42. The van der Waals surface area contributed by atoms with Gasteiger partial charge in [0.05, 0.1) is 0 Å². The van der Waals surface area contributed by atoms with E-state index in [0.29, 0.717) is 30.7 Å². The van der Waals surface area contributed by atoms with Crippen LogP contribution in [0.2, 0.25) is 0 Å². The number of carbonyl (C=O) groups is 2. The Morgan fingerprint density at radius 2 is 1.95 bits per heavy atom. The molecule has 1 saturated carbocycles. The van der Waals surface area contributed by atoms with Gasteiger partial charge in [-0.2, -0.15) is 0 Å². The van der Waals surface area contributed by atoms with Gasteiger partial charge in [0.25, 0.3) is 5.91 Å². The van der Waals surface area contributed by atoms with Crippen LogP contribution in [0.1, 0.15) is 61.4 Å². The molecule has 0 spiro atoms. The molecule has 22 heavy (non-hydrogen) atoms. The third-order valence-electron chi connectivity index (χ3n) is 4.83. The molecule has 1 aliphatic carbocycles. The minimum absolute atomic E-state index is 0.126. The zero-order valence-electron chi connectivity index (χ0n) is 13.4. The van der Waals surface area contributed by atoms with Crippen LogP contribution in [-0.2, 0) is 4.79 Å². The van der Waals surface area contributed by atoms with Crippen molar-refractivity contribution in [2.24, 2.45) is 5.41 Å². The Morgan fingerprint density at radius 3 is 2.55 bits per heavy atom. The lowest BCUT2D eigenvalue weighted by Crippen LogP contribution is -2.34. The zero-order chi connectivity index (χ0) is 16.2. The van der Waals surface area contributed by atoms with E-state index in [4.69, 9.17) is 0 Å². The standard InChI is InChI=1S/C18H25NO3/c1-3-16(21)18(8-4-5-9-18)10-11-19-17(22)14-7-6-13(2)15(20)12-14/h6-7,12,20H,3-5,8-11H2,1-2H3,(H,19,22). The predicted molar refractivity (Wildman–Crippen MR) is 86.0 cm³/mol. The summed E-state index contributed by atoms with van der Waals surface area (Å²) in [5.41, 5.74) is 0.970. The van der Waals surface area contributed by atoms with E-state index in [2.05, 4.69) is 5.32 Å². The minimum atomic E-state index is -0.225. The molecule has 2 rings (SSSR count). The topological polar surface area (TPSA) is 66.4 Å². The number of rotatable bonds is 6. The molecule has 0 unspecified atom stereocenters. The lowest BCUT2D eigenvalue weighted by Gasteiger charge is -2.27. The summed E-state index contributed by atoms with van der Waals surface area (Å²) in [6.45, 7) is 4.20. The van der Waals surface area contributed by atoms with Crippen LogP contribution in [0.4, 0.5) is 0 Å². The van der Waals surface area contributed by atoms with E-state index in [9.17, 15) is 14.7 Å². The first-order valence-electron chi connectivity index (χ1n) is 8.09. The van der Waals surface area contributed by atoms with Gasteiger partial charge in [-0.15, -0.1) is 0 Å². The number of nitrogens with one attached hydrogen (secondary N) is 1. The monoisotopic (exact) mass is 303 g/mol. The second-order valence-electron chi connectivity index (χ2n) is 6.27. The Labute approximate surface area is 131 Å². The molecule has 1 amide bonds. The van der Waals surface area contributed by atoms with Gasteiger partial charge in [0.1, 0.15) is 11.5 Å². The summed E-state index contributed by atoms with van der Waals surface area (Å²) >= 11 is 0. The molecular weight excluding hydrogens is 278 g/mol. The lowest BCUT2D eigenvalue weighted by molar-refractivity contribution is -0.128. The second kappa shape index (κ2) is 6.95. The molecule has 120 valence electrons. The second-order valence-corrected chi connectivity index (χ2v) is 6.27. The van der Waals surface area contributed by atoms with Crippen LogP contribution in [0.3, 0.4) is 0 Å². The molecule has 2 N–H and O–H groups in total. The summed E-state index contributed by atoms with van der Waals surface area (Å²) in [6, 6.07) is 4.91. The number of aromatic hydroxyl groups is 1. The molecule has 0 aliphatic heterocycles. The van der Waals surface area contributed by atoms with Gasteiger partial charge in [-0.1, -0.05) is 25.8 Å². The number of benzene rings is 1. The summed E-state index contributed by atoms with van der Waals surface area (Å²) in [4.78, 5) is 24.3. The lowest BCUT2D eigenvalue weighted by atomic mass is 9.77. The summed E-state index contributed by atoms with van der Waals surface area (Å²) < 4.78 is 0. The van der Waals surface area contributed by atoms with Crippen molar-refractivity contribution in [2.45, 2.75) is 52.4 Å². The van der Waals surface area contributed by atoms with Gasteiger partial charge in [0, 0.05) is 23.9 Å². The number of ketones is 1. The van der Waals surface area contributed by atoms with Gasteiger partial charge in [0.2, 0.25) is 0 Å². The highest BCUT2D eigenvalue weighted by Gasteiger charge is 2.39. The van der Waals surface area contributed by atoms with E-state index in [1.165, 1.54) is 6.07 Å². The van der Waals surface area contributed by atoms with Crippen LogP contribution in [0, 0.1) is 12.3 Å². The molecule has 0 heterocycles. The number of Topliss-reactive ketones (excluding diaryl/α,β-unsaturated/α-hetero) is 1. The third kappa shape index (κ3) is 3.49. The molecule has 1 aromatic carbocycles. The van der Waals surface area contributed by atoms with Gasteiger partial charge in [0.15, 0.2) is 0 Å². The molecule has 1 aromatic rings. The van der Waals surface area contributed by atoms with Crippen molar-refractivity contribution in [3.8, 4) is 5.75 Å². The fourth-order valence-corrected chi connectivity index (χ4v) is 3.36. The van der Waals surface area contributed by atoms with Crippen molar-refractivity contribution >= 4 is 11.7 Å². The van der Waals surface area contributed by atoms with E-state index < -0.39 is 0 Å². The third-order valence-corrected chi connectivity index (χ3v) is 4.83. The first kappa shape index (κ1) is 16.5. The molecule has 0 aromatic heterocycles. The molecule has 4 heteroatoms. The van der Waals surface area contributed by atoms with Crippen molar-refractivity contribution in [2.75, 3.05) is 6.54 Å². The van der Waals surface area contributed by atoms with Gasteiger partial charge in [-0.25, -0.2) is 0 Å². The van der Waals surface area contributed by atoms with Gasteiger partial charge < -0.3 is 10.4 Å². The maximum absolute atomic E-state index is 12.2. The van der Waals surface area contributed by atoms with E-state index in [1.807, 2.05) is 6.92 Å². The van der Waals surface area contributed by atoms with Crippen molar-refractivity contribution in [1.29, 1.82) is 0 Å². The Bertz CT molecular complexity index is 559. The van der Waals surface area contributed by atoms with Crippen LogP contribution in [0.15, 0.2) is 18.2 Å². The molecular formula is C18H25NO3. The van der Waals surface area contributed by atoms with Crippen LogP contribution < -0.4 is 5.32 Å². The minimum Gasteiger partial charge on any atom is -0.508 e. The smallest absolute Gasteiger partial charge is 0.251 e. The molecule has 1 fully saturated rings. The van der Waals surface area contributed by atoms with Crippen molar-refractivity contribution in [3.05, 3.63) is 29.3 Å². The molecule has 0 atom stereocenters. The molecule has 0 saturated heterocycles. The Hall–Kier alpha value is -1.84. The summed E-state index contributed by atoms with van der Waals surface area (Å²) in [7, 11) is 0. The Morgan fingerprint density at radius 1 is 1.27 bits per heavy atom. The molecule has 1 aliphatic rings. The van der Waals surface area contributed by atoms with Gasteiger partial charge in [-0.3, -0.25) is 9.59 Å². The van der Waals surface area contributed by atoms with E-state index in [0.717, 1.165) is 31.2 Å². The van der Waals surface area contributed by atoms with Crippen LogP contribution in [0.25, 0.3) is 0 Å². The number of amides is 1. The fraction of sp³-hybridized carbons (Fsp3) is 0.556. The normalized spacial score (nSPS) is 16.5. The van der Waals surface area contributed by atoms with Crippen LogP contribution in [-0.4, -0.2) is 23.3 Å². The number of phenolic OH excluding ortho intramolecular Hbond substituents is 1. The molecule has 4 nitrogen and oxygen atoms in total. The first-order chi connectivity index (χ1) is 10.5. The highest BCUT2D eigenvalue weighted by molar-refractivity contribution is 5.94. The highest BCUT2D eigenvalue weighted by atomic mass is 16.3. The van der Waals surface area contributed by atoms with Crippen molar-refractivity contribution < 1.29 is 14.7 Å². The maximum atomic E-state index is 12.2. The Kier molecular flexibility index (Phi) is 5.22. The summed E-state index contributed by atoms with van der Waals surface area (Å²) in [5.74, 6) is 0.251. The zero-order valence-corrected chi connectivity index (χ0v) is 13.4. The maximum Gasteiger partial charge on any atom is 0.251 e. The number of hydrogen-bond acceptors (Lipinski definition) is 3. The number of phenols is 1. The van der Waals surface area contributed by atoms with Crippen molar-refractivity contribution in [1.82, 2.24) is 5.32 Å². The van der Waals surface area contributed by atoms with E-state index >= 15 is 0 Å². The quantitative estimate of drug-likeness (QED) is 0.847. The van der Waals surface area contributed by atoms with E-state index in [1.54, 1.807) is 19.1 Å². The van der Waals surface area contributed by atoms with E-state index in [-0.39, 0.29) is 17.1 Å². The Balaban J connectivity index is 1.93. The SMILES string of the molecule is CCC(=O)C1(CCNC(=O)c2ccc(C)c(O)c2)CCCC1. The number of aryl methyl sites for hydroxylation is 1. The fourth-order valence-electron chi connectivity index (χ4n) is 3.36. The largest absolute Gasteiger partial charge is 0.508 e. The number of carbonyl (C=O) groups excluding carboxylic acids is 2. The summed E-state index contributed by atoms with van der Waals surface area (Å²) in [6.07, 6.45) is 5.38. The first-order valence-corrected chi connectivity index (χ1v) is 8.09. The molecule has 0 bridgehead atoms. The van der Waals surface area contributed by atoms with Crippen LogP contribution in [0.5, 0.6) is 5.75 Å². The molecule has 0 radical (unpaired) electrons. The predicted octanol–water partition coefficient (Wildman–Crippen LogP) is 3.36. The number of hydrogen-bond donors (Lipinski definition) is 2. The average molecular weight is 303 g/mol.